The smallest absolute Gasteiger partial charge is 0.308 e. The van der Waals surface area contributed by atoms with Gasteiger partial charge < -0.3 is 129 Å². The number of aliphatic hydroxyl groups excluding tert-OH is 16. The number of ether oxygens (including phenoxy) is 10. The van der Waals surface area contributed by atoms with Crippen LogP contribution in [-0.4, -0.2) is 280 Å². The summed E-state index contributed by atoms with van der Waals surface area (Å²) < 4.78 is 59.3. The molecule has 5 aliphatic heterocycles. The van der Waals surface area contributed by atoms with Crippen LogP contribution in [0.25, 0.3) is 0 Å². The van der Waals surface area contributed by atoms with Gasteiger partial charge in [0.25, 0.3) is 0 Å². The summed E-state index contributed by atoms with van der Waals surface area (Å²) in [7, 11) is 0. The van der Waals surface area contributed by atoms with Gasteiger partial charge in [0.2, 0.25) is 0 Å². The van der Waals surface area contributed by atoms with E-state index in [1.165, 1.54) is 51.4 Å². The van der Waals surface area contributed by atoms with E-state index in [9.17, 15) is 91.3 Å². The van der Waals surface area contributed by atoms with Gasteiger partial charge in [0.1, 0.15) is 111 Å². The molecule has 6 unspecified atom stereocenters. The zero-order valence-electron chi connectivity index (χ0n) is 66.1. The Bertz CT molecular complexity index is 2260. The van der Waals surface area contributed by atoms with Crippen molar-refractivity contribution in [2.45, 2.75) is 475 Å². The van der Waals surface area contributed by atoms with E-state index in [2.05, 4.69) is 0 Å². The van der Waals surface area contributed by atoms with E-state index in [0.717, 1.165) is 193 Å². The Morgan fingerprint density at radius 1 is 0.303 bits per heavy atom. The van der Waals surface area contributed by atoms with E-state index in [1.807, 2.05) is 6.92 Å². The van der Waals surface area contributed by atoms with E-state index in [4.69, 9.17) is 47.4 Å². The largest absolute Gasteiger partial charge is 0.463 e. The number of cyclic esters (lactones) is 2. The summed E-state index contributed by atoms with van der Waals surface area (Å²) in [5.74, 6) is -1.54. The molecule has 5 heterocycles. The Morgan fingerprint density at radius 2 is 0.550 bits per heavy atom. The second-order valence-corrected chi connectivity index (χ2v) is 32.3. The summed E-state index contributed by atoms with van der Waals surface area (Å²) in [5, 5.41) is 167. The Balaban J connectivity index is 0.994. The summed E-state index contributed by atoms with van der Waals surface area (Å²) in [5.41, 5.74) is 0. The molecule has 0 amide bonds. The highest BCUT2D eigenvalue weighted by atomic mass is 16.7. The topological polar surface area (TPSA) is 450 Å². The molecule has 28 nitrogen and oxygen atoms in total. The van der Waals surface area contributed by atoms with Gasteiger partial charge in [-0.25, -0.2) is 0 Å². The Morgan fingerprint density at radius 3 is 0.826 bits per heavy atom. The summed E-state index contributed by atoms with van der Waals surface area (Å²) >= 11 is 0. The minimum atomic E-state index is -1.76. The first-order valence-electron chi connectivity index (χ1n) is 42.8. The average Bonchev–Trinajstić information content (AvgIpc) is 0.814. The number of hydrogen-bond donors (Lipinski definition) is 16. The summed E-state index contributed by atoms with van der Waals surface area (Å²) in [4.78, 5) is 27.2. The SMILES string of the molecule is CC(O)CCCCCCCCCCCCCCC(CCCCCCCCCCCCCC1CC(=O)OC[C@H]2O[C@@H](OC(CCCCCCCCCCCCCC(CCCCCC(C)O)O[C@@H]3O[C@H](CO)[C@@H](O)[C@H](O)[C@H]3O)CC(=O)OC[C@H]3O[C@@H](O1)[C@H](O)[C@@H](O)[C@@H]3O)[C@H](O)[C@@H](O)[C@@H]2O)O[C@H]1O[C@@H](CO)[C@H](O)[C@@H](O)[C@@H]1O. The minimum absolute atomic E-state index is 0.209. The molecule has 5 fully saturated rings. The predicted molar refractivity (Wildman–Crippen MR) is 403 cm³/mol. The molecule has 0 aliphatic carbocycles. The van der Waals surface area contributed by atoms with Crippen LogP contribution in [-0.2, 0) is 57.0 Å². The van der Waals surface area contributed by atoms with Gasteiger partial charge in [0.15, 0.2) is 25.2 Å². The number of rotatable bonds is 55. The van der Waals surface area contributed by atoms with Crippen LogP contribution in [0.15, 0.2) is 0 Å². The number of carbonyl (C=O) groups excluding carboxylic acids is 2. The lowest BCUT2D eigenvalue weighted by molar-refractivity contribution is -0.316. The van der Waals surface area contributed by atoms with Crippen LogP contribution in [0, 0.1) is 0 Å². The molecule has 0 saturated carbocycles. The average molecular weight is 1570 g/mol. The molecule has 0 aromatic heterocycles. The number of carbonyl (C=O) groups is 2. The predicted octanol–water partition coefficient (Wildman–Crippen LogP) is 6.94. The Labute approximate surface area is 649 Å². The van der Waals surface area contributed by atoms with Crippen molar-refractivity contribution < 1.29 is 139 Å². The third-order valence-electron chi connectivity index (χ3n) is 22.6. The lowest BCUT2D eigenvalue weighted by Crippen LogP contribution is -2.60. The molecule has 5 rings (SSSR count). The summed E-state index contributed by atoms with van der Waals surface area (Å²) in [6.45, 7) is 1.47. The molecule has 26 atom stereocenters. The highest BCUT2D eigenvalue weighted by Crippen LogP contribution is 2.33. The maximum atomic E-state index is 13.6. The third-order valence-corrected chi connectivity index (χ3v) is 22.6. The van der Waals surface area contributed by atoms with Gasteiger partial charge in [-0.1, -0.05) is 238 Å². The van der Waals surface area contributed by atoms with Crippen LogP contribution >= 0.6 is 0 Å². The van der Waals surface area contributed by atoms with Gasteiger partial charge in [-0.05, 0) is 65.2 Å². The van der Waals surface area contributed by atoms with Gasteiger partial charge in [-0.15, -0.1) is 0 Å². The van der Waals surface area contributed by atoms with Gasteiger partial charge in [0.05, 0.1) is 62.7 Å². The zero-order chi connectivity index (χ0) is 79.3. The van der Waals surface area contributed by atoms with Crippen molar-refractivity contribution in [3.63, 3.8) is 0 Å². The fourth-order valence-corrected chi connectivity index (χ4v) is 15.5. The molecule has 28 heteroatoms. The molecule has 0 aromatic carbocycles. The second kappa shape index (κ2) is 57.1. The molecule has 4 bridgehead atoms. The molecule has 0 radical (unpaired) electrons. The molecular formula is C81H150O28. The maximum absolute atomic E-state index is 13.6. The number of esters is 2. The van der Waals surface area contributed by atoms with Crippen molar-refractivity contribution in [3.8, 4) is 0 Å². The van der Waals surface area contributed by atoms with Gasteiger partial charge in [-0.3, -0.25) is 9.59 Å². The monoisotopic (exact) mass is 1570 g/mol. The van der Waals surface area contributed by atoms with Crippen LogP contribution in [0.3, 0.4) is 0 Å². The number of fused-ring (bicyclic) bond motifs is 4. The zero-order valence-corrected chi connectivity index (χ0v) is 66.1. The molecule has 642 valence electrons. The first-order chi connectivity index (χ1) is 52.5. The summed E-state index contributed by atoms with van der Waals surface area (Å²) in [6, 6.07) is 0. The van der Waals surface area contributed by atoms with Crippen molar-refractivity contribution in [3.05, 3.63) is 0 Å². The van der Waals surface area contributed by atoms with E-state index >= 15 is 0 Å². The Kier molecular flexibility index (Phi) is 51.1. The second-order valence-electron chi connectivity index (χ2n) is 32.3. The fourth-order valence-electron chi connectivity index (χ4n) is 15.5. The van der Waals surface area contributed by atoms with Gasteiger partial charge >= 0.3 is 11.9 Å². The van der Waals surface area contributed by atoms with Crippen molar-refractivity contribution in [2.24, 2.45) is 0 Å². The Hall–Kier alpha value is -2.02. The molecule has 5 aliphatic rings. The van der Waals surface area contributed by atoms with Crippen LogP contribution in [0.5, 0.6) is 0 Å². The molecule has 0 spiro atoms. The minimum Gasteiger partial charge on any atom is -0.463 e. The molecule has 5 saturated heterocycles. The van der Waals surface area contributed by atoms with Crippen molar-refractivity contribution >= 4 is 11.9 Å². The van der Waals surface area contributed by atoms with Gasteiger partial charge in [0, 0.05) is 0 Å². The fraction of sp³-hybridized carbons (Fsp3) is 0.975. The molecular weight excluding hydrogens is 1420 g/mol. The molecule has 0 aromatic rings. The van der Waals surface area contributed by atoms with Crippen molar-refractivity contribution in [1.29, 1.82) is 0 Å². The first-order valence-corrected chi connectivity index (χ1v) is 42.8. The van der Waals surface area contributed by atoms with E-state index in [-0.39, 0.29) is 37.3 Å². The third kappa shape index (κ3) is 38.3. The van der Waals surface area contributed by atoms with Crippen LogP contribution in [0.4, 0.5) is 0 Å². The van der Waals surface area contributed by atoms with Gasteiger partial charge in [-0.2, -0.15) is 0 Å². The van der Waals surface area contributed by atoms with E-state index in [0.29, 0.717) is 44.9 Å². The highest BCUT2D eigenvalue weighted by Gasteiger charge is 2.50. The van der Waals surface area contributed by atoms with Crippen LogP contribution < -0.4 is 0 Å². The lowest BCUT2D eigenvalue weighted by atomic mass is 9.98. The van der Waals surface area contributed by atoms with Crippen LogP contribution in [0.2, 0.25) is 0 Å². The van der Waals surface area contributed by atoms with Crippen LogP contribution in [0.1, 0.15) is 316 Å². The number of aliphatic hydroxyl groups is 16. The summed E-state index contributed by atoms with van der Waals surface area (Å²) in [6.07, 6.45) is 9.66. The number of unbranched alkanes of at least 4 members (excludes halogenated alkanes) is 33. The van der Waals surface area contributed by atoms with Crippen molar-refractivity contribution in [2.75, 3.05) is 26.4 Å². The molecule has 16 N–H and O–H groups in total. The molecule has 109 heavy (non-hydrogen) atoms. The van der Waals surface area contributed by atoms with Crippen molar-refractivity contribution in [1.82, 2.24) is 0 Å². The first kappa shape index (κ1) is 97.6. The normalized spacial score (nSPS) is 32.9. The standard InChI is InChI=1S/C81H150O28/c1-54(84)40-32-25-19-13-7-3-4-8-14-20-26-34-42-56(102-78-74(96)70(92)66(88)60(50-82)106-78)43-35-27-21-15-9-5-11-17-23-29-37-46-58-48-64(86)100-52-63-69(91)73(95)77(99)81(109-63)105-59(49-65(87)101-53-62-68(90)72(94)76(98)80(104-58)108-62)47-38-30-24-18-12-6-10-16-22-28-36-44-57(45-39-31-33-41-55(2)85)103-79-75(97)71(93)67(89)61(51-83)107-79/h54-63,66-85,88-99H,3-53H2,1-2H3/t54?,55?,56?,57?,58?,59?,60-,61+,62+,63+,66-,67+,68+,69+,70+,71-,72-,73-,74-,75+,76+,77+,78-,79+,80+,81+/m0/s1. The van der Waals surface area contributed by atoms with E-state index in [1.54, 1.807) is 6.92 Å². The lowest BCUT2D eigenvalue weighted by Gasteiger charge is -2.42. The van der Waals surface area contributed by atoms with E-state index < -0.39 is 173 Å². The maximum Gasteiger partial charge on any atom is 0.308 e. The number of hydrogen-bond acceptors (Lipinski definition) is 28. The quantitative estimate of drug-likeness (QED) is 0.0216. The highest BCUT2D eigenvalue weighted by molar-refractivity contribution is 5.70.